The number of ether oxygens (including phenoxy) is 1. The Labute approximate surface area is 181 Å². The van der Waals surface area contributed by atoms with Crippen LogP contribution in [0.25, 0.3) is 6.08 Å². The van der Waals surface area contributed by atoms with Gasteiger partial charge in [0.15, 0.2) is 5.54 Å². The maximum Gasteiger partial charge on any atom is 0.251 e. The molecule has 1 aliphatic heterocycles. The molecule has 1 aliphatic carbocycles. The standard InChI is InChI=1S/C25H27FN2O3/c1-31-22-10-6-5-7-18(22)15-16-25(24(30)27-20-8-3-2-4-9-20)17-23(29)28(25)21-13-11-19(26)12-14-21/h5-7,10-16,20H,2-4,8-9,17H2,1H3,(H,27,30)/b16-15+/t25-/m0/s1. The number of hydrogen-bond donors (Lipinski definition) is 1. The van der Waals surface area contributed by atoms with Crippen molar-refractivity contribution in [2.75, 3.05) is 12.0 Å². The number of hydrogen-bond acceptors (Lipinski definition) is 3. The van der Waals surface area contributed by atoms with E-state index in [2.05, 4.69) is 5.32 Å². The molecule has 0 unspecified atom stereocenters. The van der Waals surface area contributed by atoms with Crippen molar-refractivity contribution in [3.8, 4) is 5.75 Å². The number of anilines is 1. The van der Waals surface area contributed by atoms with Crippen LogP contribution >= 0.6 is 0 Å². The number of carbonyl (C=O) groups is 2. The van der Waals surface area contributed by atoms with Crippen molar-refractivity contribution in [3.05, 3.63) is 66.0 Å². The second kappa shape index (κ2) is 8.92. The first-order chi connectivity index (χ1) is 15.0. The zero-order valence-electron chi connectivity index (χ0n) is 17.6. The summed E-state index contributed by atoms with van der Waals surface area (Å²) in [4.78, 5) is 27.7. The minimum atomic E-state index is -1.16. The first kappa shape index (κ1) is 21.1. The number of β-lactam (4-membered cyclic amide) rings is 1. The van der Waals surface area contributed by atoms with Crippen LogP contribution in [0.1, 0.15) is 44.1 Å². The predicted molar refractivity (Wildman–Crippen MR) is 118 cm³/mol. The van der Waals surface area contributed by atoms with Crippen molar-refractivity contribution in [1.82, 2.24) is 5.32 Å². The van der Waals surface area contributed by atoms with E-state index in [9.17, 15) is 14.0 Å². The Kier molecular flexibility index (Phi) is 6.07. The molecule has 1 N–H and O–H groups in total. The van der Waals surface area contributed by atoms with Crippen LogP contribution in [0.3, 0.4) is 0 Å². The van der Waals surface area contributed by atoms with Gasteiger partial charge in [-0.25, -0.2) is 4.39 Å². The molecule has 0 radical (unpaired) electrons. The number of nitrogens with one attached hydrogen (secondary N) is 1. The first-order valence-corrected chi connectivity index (χ1v) is 10.8. The summed E-state index contributed by atoms with van der Waals surface area (Å²) < 4.78 is 18.9. The van der Waals surface area contributed by atoms with E-state index in [1.165, 1.54) is 35.6 Å². The molecule has 1 saturated heterocycles. The maximum absolute atomic E-state index is 13.5. The normalized spacial score (nSPS) is 21.7. The number of nitrogens with zero attached hydrogens (tertiary/aromatic N) is 1. The van der Waals surface area contributed by atoms with Crippen molar-refractivity contribution in [3.63, 3.8) is 0 Å². The minimum Gasteiger partial charge on any atom is -0.496 e. The second-order valence-corrected chi connectivity index (χ2v) is 8.19. The van der Waals surface area contributed by atoms with Gasteiger partial charge in [-0.05, 0) is 49.2 Å². The molecule has 2 aromatic rings. The van der Waals surface area contributed by atoms with Crippen LogP contribution < -0.4 is 15.0 Å². The molecule has 0 spiro atoms. The molecular formula is C25H27FN2O3. The molecule has 5 nitrogen and oxygen atoms in total. The highest BCUT2D eigenvalue weighted by atomic mass is 19.1. The second-order valence-electron chi connectivity index (χ2n) is 8.19. The van der Waals surface area contributed by atoms with Crippen LogP contribution in [0.2, 0.25) is 0 Å². The fourth-order valence-corrected chi connectivity index (χ4v) is 4.46. The average molecular weight is 423 g/mol. The van der Waals surface area contributed by atoms with E-state index in [0.29, 0.717) is 11.4 Å². The van der Waals surface area contributed by atoms with E-state index in [1.54, 1.807) is 13.2 Å². The number of amides is 2. The SMILES string of the molecule is COc1ccccc1/C=C/[C@@]1(C(=O)NC2CCCCC2)CC(=O)N1c1ccc(F)cc1. The first-order valence-electron chi connectivity index (χ1n) is 10.8. The highest BCUT2D eigenvalue weighted by Gasteiger charge is 2.56. The summed E-state index contributed by atoms with van der Waals surface area (Å²) in [5, 5.41) is 3.17. The molecule has 1 heterocycles. The van der Waals surface area contributed by atoms with E-state index in [4.69, 9.17) is 4.74 Å². The molecule has 1 atom stereocenters. The Morgan fingerprint density at radius 1 is 1.13 bits per heavy atom. The summed E-state index contributed by atoms with van der Waals surface area (Å²) in [6.45, 7) is 0. The van der Waals surface area contributed by atoms with Crippen molar-refractivity contribution in [2.24, 2.45) is 0 Å². The fourth-order valence-electron chi connectivity index (χ4n) is 4.46. The lowest BCUT2D eigenvalue weighted by Crippen LogP contribution is -2.70. The summed E-state index contributed by atoms with van der Waals surface area (Å²) in [5.74, 6) is -0.0799. The summed E-state index contributed by atoms with van der Waals surface area (Å²) in [6.07, 6.45) is 8.92. The Bertz CT molecular complexity index is 983. The molecule has 2 aromatic carbocycles. The van der Waals surface area contributed by atoms with Crippen molar-refractivity contribution < 1.29 is 18.7 Å². The summed E-state index contributed by atoms with van der Waals surface area (Å²) >= 11 is 0. The Morgan fingerprint density at radius 2 is 1.84 bits per heavy atom. The molecular weight excluding hydrogens is 395 g/mol. The monoisotopic (exact) mass is 422 g/mol. The fraction of sp³-hybridized carbons (Fsp3) is 0.360. The molecule has 2 amide bonds. The lowest BCUT2D eigenvalue weighted by Gasteiger charge is -2.49. The molecule has 0 aromatic heterocycles. The number of benzene rings is 2. The molecule has 6 heteroatoms. The van der Waals surface area contributed by atoms with Gasteiger partial charge in [-0.2, -0.15) is 0 Å². The van der Waals surface area contributed by atoms with Gasteiger partial charge in [-0.1, -0.05) is 43.5 Å². The summed E-state index contributed by atoms with van der Waals surface area (Å²) in [5.41, 5.74) is 0.155. The van der Waals surface area contributed by atoms with Crippen LogP contribution in [-0.2, 0) is 9.59 Å². The third-order valence-electron chi connectivity index (χ3n) is 6.17. The van der Waals surface area contributed by atoms with Gasteiger partial charge in [0, 0.05) is 17.3 Å². The highest BCUT2D eigenvalue weighted by molar-refractivity contribution is 6.15. The van der Waals surface area contributed by atoms with E-state index < -0.39 is 11.4 Å². The smallest absolute Gasteiger partial charge is 0.251 e. The zero-order valence-corrected chi connectivity index (χ0v) is 17.6. The number of methoxy groups -OCH3 is 1. The molecule has 1 saturated carbocycles. The summed E-state index contributed by atoms with van der Waals surface area (Å²) in [7, 11) is 1.59. The maximum atomic E-state index is 13.5. The molecule has 162 valence electrons. The number of rotatable bonds is 6. The van der Waals surface area contributed by atoms with Gasteiger partial charge >= 0.3 is 0 Å². The van der Waals surface area contributed by atoms with Gasteiger partial charge < -0.3 is 10.1 Å². The lowest BCUT2D eigenvalue weighted by molar-refractivity contribution is -0.137. The van der Waals surface area contributed by atoms with Crippen LogP contribution in [0.15, 0.2) is 54.6 Å². The average Bonchev–Trinajstić information content (AvgIpc) is 2.78. The number of para-hydroxylation sites is 1. The Morgan fingerprint density at radius 3 is 2.52 bits per heavy atom. The third-order valence-corrected chi connectivity index (χ3v) is 6.17. The van der Waals surface area contributed by atoms with E-state index in [1.807, 2.05) is 30.3 Å². The van der Waals surface area contributed by atoms with Crippen LogP contribution in [-0.4, -0.2) is 30.5 Å². The molecule has 0 bridgehead atoms. The van der Waals surface area contributed by atoms with E-state index in [0.717, 1.165) is 31.2 Å². The van der Waals surface area contributed by atoms with Gasteiger partial charge in [0.1, 0.15) is 11.6 Å². The van der Waals surface area contributed by atoms with Crippen LogP contribution in [0, 0.1) is 5.82 Å². The zero-order chi connectivity index (χ0) is 21.8. The largest absolute Gasteiger partial charge is 0.496 e. The molecule has 2 fully saturated rings. The third kappa shape index (κ3) is 4.20. The quantitative estimate of drug-likeness (QED) is 0.699. The lowest BCUT2D eigenvalue weighted by atomic mass is 9.80. The highest BCUT2D eigenvalue weighted by Crippen LogP contribution is 2.40. The van der Waals surface area contributed by atoms with E-state index in [-0.39, 0.29) is 24.3 Å². The predicted octanol–water partition coefficient (Wildman–Crippen LogP) is 4.47. The number of carbonyl (C=O) groups excluding carboxylic acids is 2. The van der Waals surface area contributed by atoms with Crippen LogP contribution in [0.4, 0.5) is 10.1 Å². The topological polar surface area (TPSA) is 58.6 Å². The number of halogens is 1. The van der Waals surface area contributed by atoms with Crippen molar-refractivity contribution in [1.29, 1.82) is 0 Å². The van der Waals surface area contributed by atoms with Crippen LogP contribution in [0.5, 0.6) is 5.75 Å². The minimum absolute atomic E-state index is 0.0641. The van der Waals surface area contributed by atoms with Gasteiger partial charge in [0.2, 0.25) is 5.91 Å². The summed E-state index contributed by atoms with van der Waals surface area (Å²) in [6, 6.07) is 13.3. The van der Waals surface area contributed by atoms with Gasteiger partial charge in [0.25, 0.3) is 5.91 Å². The van der Waals surface area contributed by atoms with Gasteiger partial charge in [0.05, 0.1) is 13.5 Å². The Balaban J connectivity index is 1.69. The van der Waals surface area contributed by atoms with E-state index >= 15 is 0 Å². The van der Waals surface area contributed by atoms with Crippen molar-refractivity contribution >= 4 is 23.6 Å². The Hall–Kier alpha value is -3.15. The molecule has 2 aliphatic rings. The molecule has 4 rings (SSSR count). The molecule has 31 heavy (non-hydrogen) atoms. The van der Waals surface area contributed by atoms with Crippen molar-refractivity contribution in [2.45, 2.75) is 50.1 Å². The van der Waals surface area contributed by atoms with Gasteiger partial charge in [-0.3, -0.25) is 14.5 Å². The van der Waals surface area contributed by atoms with Gasteiger partial charge in [-0.15, -0.1) is 0 Å².